The third-order valence-electron chi connectivity index (χ3n) is 6.88. The molecule has 1 amide bonds. The first-order valence-corrected chi connectivity index (χ1v) is 12.7. The third kappa shape index (κ3) is 7.92. The van der Waals surface area contributed by atoms with Crippen LogP contribution in [0.15, 0.2) is 39.6 Å². The number of aliphatic hydroxyl groups excluding tert-OH is 4. The normalized spacial score (nSPS) is 22.9. The van der Waals surface area contributed by atoms with Gasteiger partial charge in [0.1, 0.15) is 12.2 Å². The van der Waals surface area contributed by atoms with Gasteiger partial charge in [0.05, 0.1) is 18.4 Å². The molecule has 10 heteroatoms. The van der Waals surface area contributed by atoms with Gasteiger partial charge in [0.15, 0.2) is 6.61 Å². The van der Waals surface area contributed by atoms with Crippen LogP contribution in [0.4, 0.5) is 0 Å². The molecule has 1 aliphatic heterocycles. The number of carbonyl (C=O) groups excluding carboxylic acids is 1. The maximum atomic E-state index is 12.0. The zero-order valence-corrected chi connectivity index (χ0v) is 20.8. The molecule has 1 aliphatic carbocycles. The Kier molecular flexibility index (Phi) is 11.0. The minimum Gasteiger partial charge on any atom is -0.394 e. The van der Waals surface area contributed by atoms with Gasteiger partial charge in [-0.3, -0.25) is 4.79 Å². The number of benzene rings is 1. The van der Waals surface area contributed by atoms with E-state index in [-0.39, 0.29) is 18.9 Å². The highest BCUT2D eigenvalue weighted by Gasteiger charge is 2.32. The van der Waals surface area contributed by atoms with Gasteiger partial charge < -0.3 is 30.6 Å². The van der Waals surface area contributed by atoms with E-state index < -0.39 is 24.9 Å². The van der Waals surface area contributed by atoms with Crippen LogP contribution in [0.25, 0.3) is 0 Å². The molecule has 3 rings (SSSR count). The Bertz CT molecular complexity index is 933. The molecule has 1 heterocycles. The number of oxime groups is 1. The lowest BCUT2D eigenvalue weighted by molar-refractivity contribution is -0.125. The summed E-state index contributed by atoms with van der Waals surface area (Å²) in [7, 11) is 0. The van der Waals surface area contributed by atoms with Crippen LogP contribution in [0.1, 0.15) is 63.0 Å². The molecule has 0 aromatic heterocycles. The highest BCUT2D eigenvalue weighted by Crippen LogP contribution is 2.34. The number of hydrogen-bond donors (Lipinski definition) is 5. The number of hydrogen-bond acceptors (Lipinski definition) is 9. The number of amides is 1. The predicted molar refractivity (Wildman–Crippen MR) is 137 cm³/mol. The molecule has 5 N–H and O–H groups in total. The lowest BCUT2D eigenvalue weighted by Gasteiger charge is -2.32. The first-order chi connectivity index (χ1) is 17.4. The molecule has 1 aromatic rings. The van der Waals surface area contributed by atoms with Crippen LogP contribution in [-0.4, -0.2) is 75.5 Å². The van der Waals surface area contributed by atoms with Crippen molar-refractivity contribution in [3.63, 3.8) is 0 Å². The fourth-order valence-electron chi connectivity index (χ4n) is 4.71. The minimum atomic E-state index is -1.50. The molecule has 0 spiro atoms. The maximum Gasteiger partial charge on any atom is 0.261 e. The molecule has 0 saturated heterocycles. The van der Waals surface area contributed by atoms with Crippen molar-refractivity contribution in [3.05, 3.63) is 35.4 Å². The molecule has 5 atom stereocenters. The van der Waals surface area contributed by atoms with Gasteiger partial charge >= 0.3 is 0 Å². The standard InChI is InChI=1S/C26H38N4O6/c1-17-20-6-4-2-3-5-7-21(20)25(30-29-17)19-10-8-18(9-11-19)14-27-24(34)16-36-28-13-12-22(32)26(35)23(33)15-31/h8-11,13,20-23,26,31-33,35H,2-7,12,14-16H2,1H3,(H,27,34)/b28-13+/t20?,21?,22-,23-,26+/m1/s1. The molecular weight excluding hydrogens is 464 g/mol. The van der Waals surface area contributed by atoms with E-state index in [4.69, 9.17) is 9.94 Å². The number of nitrogens with one attached hydrogen (secondary N) is 1. The van der Waals surface area contributed by atoms with E-state index in [1.54, 1.807) is 0 Å². The summed E-state index contributed by atoms with van der Waals surface area (Å²) >= 11 is 0. The summed E-state index contributed by atoms with van der Waals surface area (Å²) in [5, 5.41) is 52.6. The summed E-state index contributed by atoms with van der Waals surface area (Å²) in [5.74, 6) is 0.529. The van der Waals surface area contributed by atoms with Gasteiger partial charge in [-0.25, -0.2) is 0 Å². The molecule has 0 bridgehead atoms. The summed E-state index contributed by atoms with van der Waals surface area (Å²) in [5.41, 5.74) is 4.23. The molecule has 1 fully saturated rings. The molecule has 2 aliphatic rings. The fraction of sp³-hybridized carbons (Fsp3) is 0.615. The Morgan fingerprint density at radius 2 is 1.78 bits per heavy atom. The third-order valence-corrected chi connectivity index (χ3v) is 6.88. The SMILES string of the molecule is CC1=NN=C(c2ccc(CNC(=O)CO/N=C/C[C@@H](O)[C@H](O)[C@H](O)CO)cc2)C2CCCCCCC12. The first kappa shape index (κ1) is 27.9. The van der Waals surface area contributed by atoms with E-state index in [0.717, 1.165) is 29.0 Å². The topological polar surface area (TPSA) is 156 Å². The van der Waals surface area contributed by atoms with Gasteiger partial charge in [-0.15, -0.1) is 0 Å². The second kappa shape index (κ2) is 14.2. The van der Waals surface area contributed by atoms with Crippen LogP contribution in [0, 0.1) is 11.8 Å². The Hall–Kier alpha value is -2.66. The van der Waals surface area contributed by atoms with Crippen LogP contribution in [-0.2, 0) is 16.2 Å². The van der Waals surface area contributed by atoms with Gasteiger partial charge in [-0.2, -0.15) is 10.2 Å². The number of rotatable bonds is 11. The van der Waals surface area contributed by atoms with Crippen molar-refractivity contribution < 1.29 is 30.1 Å². The van der Waals surface area contributed by atoms with Gasteiger partial charge in [0.2, 0.25) is 0 Å². The van der Waals surface area contributed by atoms with Crippen molar-refractivity contribution in [1.82, 2.24) is 5.32 Å². The smallest absolute Gasteiger partial charge is 0.261 e. The molecule has 0 radical (unpaired) electrons. The first-order valence-electron chi connectivity index (χ1n) is 12.7. The van der Waals surface area contributed by atoms with E-state index in [1.807, 2.05) is 24.3 Å². The van der Waals surface area contributed by atoms with Crippen molar-refractivity contribution in [2.75, 3.05) is 13.2 Å². The Balaban J connectivity index is 1.44. The molecule has 198 valence electrons. The van der Waals surface area contributed by atoms with Crippen molar-refractivity contribution in [2.45, 2.75) is 76.7 Å². The van der Waals surface area contributed by atoms with Crippen LogP contribution in [0.5, 0.6) is 0 Å². The van der Waals surface area contributed by atoms with E-state index in [1.165, 1.54) is 38.3 Å². The number of carbonyl (C=O) groups is 1. The number of nitrogens with zero attached hydrogens (tertiary/aromatic N) is 3. The lowest BCUT2D eigenvalue weighted by Crippen LogP contribution is -2.39. The highest BCUT2D eigenvalue weighted by atomic mass is 16.6. The van der Waals surface area contributed by atoms with Crippen LogP contribution >= 0.6 is 0 Å². The fourth-order valence-corrected chi connectivity index (χ4v) is 4.71. The summed E-state index contributed by atoms with van der Waals surface area (Å²) in [6, 6.07) is 8.04. The monoisotopic (exact) mass is 502 g/mol. The zero-order chi connectivity index (χ0) is 25.9. The predicted octanol–water partition coefficient (Wildman–Crippen LogP) is 1.54. The summed E-state index contributed by atoms with van der Waals surface area (Å²) < 4.78 is 0. The van der Waals surface area contributed by atoms with E-state index in [0.29, 0.717) is 18.4 Å². The molecule has 1 saturated carbocycles. The van der Waals surface area contributed by atoms with Crippen LogP contribution in [0.2, 0.25) is 0 Å². The van der Waals surface area contributed by atoms with E-state index >= 15 is 0 Å². The van der Waals surface area contributed by atoms with Gasteiger partial charge in [0, 0.05) is 36.7 Å². The lowest BCUT2D eigenvalue weighted by atomic mass is 9.74. The van der Waals surface area contributed by atoms with Crippen molar-refractivity contribution in [2.24, 2.45) is 27.2 Å². The molecule has 10 nitrogen and oxygen atoms in total. The maximum absolute atomic E-state index is 12.0. The molecule has 1 aromatic carbocycles. The minimum absolute atomic E-state index is 0.107. The summed E-state index contributed by atoms with van der Waals surface area (Å²) in [6.07, 6.45) is 4.17. The number of aliphatic hydroxyl groups is 4. The average Bonchev–Trinajstić information content (AvgIpc) is 2.87. The van der Waals surface area contributed by atoms with E-state index in [9.17, 15) is 20.1 Å². The number of fused-ring (bicyclic) bond motifs is 1. The van der Waals surface area contributed by atoms with Crippen molar-refractivity contribution >= 4 is 23.5 Å². The van der Waals surface area contributed by atoms with Crippen molar-refractivity contribution in [3.8, 4) is 0 Å². The molecule has 36 heavy (non-hydrogen) atoms. The van der Waals surface area contributed by atoms with Gasteiger partial charge in [-0.1, -0.05) is 55.1 Å². The average molecular weight is 503 g/mol. The highest BCUT2D eigenvalue weighted by molar-refractivity contribution is 6.06. The quantitative estimate of drug-likeness (QED) is 0.228. The second-order valence-corrected chi connectivity index (χ2v) is 9.51. The Morgan fingerprint density at radius 1 is 1.08 bits per heavy atom. The Labute approximate surface area is 211 Å². The Morgan fingerprint density at radius 3 is 2.47 bits per heavy atom. The van der Waals surface area contributed by atoms with Gasteiger partial charge in [0.25, 0.3) is 5.91 Å². The van der Waals surface area contributed by atoms with Crippen molar-refractivity contribution in [1.29, 1.82) is 0 Å². The van der Waals surface area contributed by atoms with Crippen LogP contribution in [0.3, 0.4) is 0 Å². The second-order valence-electron chi connectivity index (χ2n) is 9.51. The van der Waals surface area contributed by atoms with E-state index in [2.05, 4.69) is 27.6 Å². The largest absolute Gasteiger partial charge is 0.394 e. The molecular formula is C26H38N4O6. The summed E-state index contributed by atoms with van der Waals surface area (Å²) in [6.45, 7) is 1.47. The zero-order valence-electron chi connectivity index (χ0n) is 20.8. The molecule has 2 unspecified atom stereocenters. The van der Waals surface area contributed by atoms with Gasteiger partial charge in [-0.05, 0) is 30.9 Å². The summed E-state index contributed by atoms with van der Waals surface area (Å²) in [4.78, 5) is 16.9. The van der Waals surface area contributed by atoms with Crippen LogP contribution < -0.4 is 5.32 Å².